The minimum atomic E-state index is 0.146. The van der Waals surface area contributed by atoms with Crippen molar-refractivity contribution in [2.75, 3.05) is 13.7 Å². The smallest absolute Gasteiger partial charge is 0.160 e. The summed E-state index contributed by atoms with van der Waals surface area (Å²) in [6, 6.07) is 3.50. The molecule has 4 heteroatoms. The van der Waals surface area contributed by atoms with E-state index in [4.69, 9.17) is 10.5 Å². The molecule has 0 saturated heterocycles. The quantitative estimate of drug-likeness (QED) is 0.887. The largest absolute Gasteiger partial charge is 0.504 e. The van der Waals surface area contributed by atoms with Gasteiger partial charge in [-0.3, -0.25) is 0 Å². The molecule has 0 saturated carbocycles. The van der Waals surface area contributed by atoms with Gasteiger partial charge in [0.1, 0.15) is 0 Å². The van der Waals surface area contributed by atoms with Gasteiger partial charge in [-0.05, 0) is 36.6 Å². The molecule has 0 radical (unpaired) electrons. The van der Waals surface area contributed by atoms with Crippen molar-refractivity contribution in [3.05, 3.63) is 22.2 Å². The van der Waals surface area contributed by atoms with E-state index in [0.29, 0.717) is 18.2 Å². The highest BCUT2D eigenvalue weighted by atomic mass is 79.9. The van der Waals surface area contributed by atoms with Crippen LogP contribution in [0.5, 0.6) is 11.5 Å². The summed E-state index contributed by atoms with van der Waals surface area (Å²) >= 11 is 3.42. The molecule has 0 bridgehead atoms. The zero-order valence-corrected chi connectivity index (χ0v) is 10.5. The van der Waals surface area contributed by atoms with Crippen molar-refractivity contribution in [2.45, 2.75) is 19.3 Å². The number of ether oxygens (including phenoxy) is 1. The maximum absolute atomic E-state index is 9.55. The predicted molar refractivity (Wildman–Crippen MR) is 64.4 cm³/mol. The van der Waals surface area contributed by atoms with Crippen molar-refractivity contribution >= 4 is 15.9 Å². The Morgan fingerprint density at radius 2 is 2.20 bits per heavy atom. The van der Waals surface area contributed by atoms with Crippen LogP contribution in [-0.4, -0.2) is 18.8 Å². The van der Waals surface area contributed by atoms with E-state index in [9.17, 15) is 5.11 Å². The van der Waals surface area contributed by atoms with Gasteiger partial charge in [0.25, 0.3) is 0 Å². The highest BCUT2D eigenvalue weighted by Crippen LogP contribution is 2.36. The first-order chi connectivity index (χ1) is 7.10. The molecule has 0 heterocycles. The Hall–Kier alpha value is -0.740. The average molecular weight is 274 g/mol. The first-order valence-electron chi connectivity index (χ1n) is 4.86. The van der Waals surface area contributed by atoms with Gasteiger partial charge in [0, 0.05) is 4.47 Å². The van der Waals surface area contributed by atoms with Crippen molar-refractivity contribution in [3.63, 3.8) is 0 Å². The van der Waals surface area contributed by atoms with Crippen molar-refractivity contribution in [2.24, 2.45) is 5.73 Å². The highest BCUT2D eigenvalue weighted by Gasteiger charge is 2.13. The molecule has 1 unspecified atom stereocenters. The number of rotatable bonds is 4. The lowest BCUT2D eigenvalue weighted by Gasteiger charge is -2.15. The lowest BCUT2D eigenvalue weighted by molar-refractivity contribution is 0.372. The second-order valence-corrected chi connectivity index (χ2v) is 4.38. The van der Waals surface area contributed by atoms with Crippen LogP contribution in [0, 0.1) is 0 Å². The van der Waals surface area contributed by atoms with Crippen molar-refractivity contribution in [1.29, 1.82) is 0 Å². The molecule has 1 aromatic carbocycles. The topological polar surface area (TPSA) is 55.5 Å². The molecule has 84 valence electrons. The molecule has 0 fully saturated rings. The minimum Gasteiger partial charge on any atom is -0.504 e. The van der Waals surface area contributed by atoms with Gasteiger partial charge in [-0.25, -0.2) is 0 Å². The van der Waals surface area contributed by atoms with Crippen LogP contribution in [0.4, 0.5) is 0 Å². The van der Waals surface area contributed by atoms with Crippen LogP contribution >= 0.6 is 15.9 Å². The summed E-state index contributed by atoms with van der Waals surface area (Å²) in [5, 5.41) is 9.55. The molecule has 0 spiro atoms. The van der Waals surface area contributed by atoms with Crippen molar-refractivity contribution in [1.82, 2.24) is 0 Å². The van der Waals surface area contributed by atoms with Crippen LogP contribution in [0.2, 0.25) is 0 Å². The maximum atomic E-state index is 9.55. The number of benzene rings is 1. The lowest BCUT2D eigenvalue weighted by Crippen LogP contribution is -2.05. The third-order valence-corrected chi connectivity index (χ3v) is 3.12. The van der Waals surface area contributed by atoms with E-state index in [0.717, 1.165) is 16.5 Å². The van der Waals surface area contributed by atoms with Gasteiger partial charge in [-0.1, -0.05) is 22.9 Å². The second kappa shape index (κ2) is 5.37. The van der Waals surface area contributed by atoms with E-state index in [1.165, 1.54) is 0 Å². The maximum Gasteiger partial charge on any atom is 0.160 e. The molecule has 0 aliphatic heterocycles. The van der Waals surface area contributed by atoms with Gasteiger partial charge in [-0.2, -0.15) is 0 Å². The molecule has 1 aromatic rings. The summed E-state index contributed by atoms with van der Waals surface area (Å²) in [4.78, 5) is 0. The number of phenolic OH excluding ortho intramolecular Hbond substituents is 1. The molecule has 15 heavy (non-hydrogen) atoms. The SMILES string of the molecule is COc1cc(C(C)CCN)c(Br)cc1O. The first kappa shape index (κ1) is 12.3. The van der Waals surface area contributed by atoms with Crippen LogP contribution in [0.15, 0.2) is 16.6 Å². The lowest BCUT2D eigenvalue weighted by atomic mass is 9.97. The Kier molecular flexibility index (Phi) is 4.42. The summed E-state index contributed by atoms with van der Waals surface area (Å²) in [6.07, 6.45) is 0.909. The van der Waals surface area contributed by atoms with Gasteiger partial charge in [0.05, 0.1) is 7.11 Å². The molecule has 0 aliphatic rings. The Bertz CT molecular complexity index is 342. The summed E-state index contributed by atoms with van der Waals surface area (Å²) in [7, 11) is 1.54. The Morgan fingerprint density at radius 1 is 1.53 bits per heavy atom. The highest BCUT2D eigenvalue weighted by molar-refractivity contribution is 9.10. The predicted octanol–water partition coefficient (Wildman–Crippen LogP) is 2.62. The molecule has 3 N–H and O–H groups in total. The molecule has 0 aromatic heterocycles. The number of methoxy groups -OCH3 is 1. The van der Waals surface area contributed by atoms with Gasteiger partial charge in [-0.15, -0.1) is 0 Å². The number of phenols is 1. The first-order valence-corrected chi connectivity index (χ1v) is 5.66. The number of halogens is 1. The molecule has 1 rings (SSSR count). The van der Waals surface area contributed by atoms with Crippen molar-refractivity contribution in [3.8, 4) is 11.5 Å². The summed E-state index contributed by atoms with van der Waals surface area (Å²) in [5.41, 5.74) is 6.63. The normalized spacial score (nSPS) is 12.5. The van der Waals surface area contributed by atoms with Crippen LogP contribution in [0.3, 0.4) is 0 Å². The molecular weight excluding hydrogens is 258 g/mol. The van der Waals surface area contributed by atoms with Crippen LogP contribution in [0.25, 0.3) is 0 Å². The zero-order valence-electron chi connectivity index (χ0n) is 8.96. The van der Waals surface area contributed by atoms with E-state index < -0.39 is 0 Å². The molecular formula is C11H16BrNO2. The van der Waals surface area contributed by atoms with Gasteiger partial charge < -0.3 is 15.6 Å². The van der Waals surface area contributed by atoms with Crippen molar-refractivity contribution < 1.29 is 9.84 Å². The Labute approximate surface area is 98.4 Å². The number of nitrogens with two attached hydrogens (primary N) is 1. The molecule has 1 atom stereocenters. The van der Waals surface area contributed by atoms with Gasteiger partial charge in [0.2, 0.25) is 0 Å². The van der Waals surface area contributed by atoms with Crippen LogP contribution < -0.4 is 10.5 Å². The fourth-order valence-electron chi connectivity index (χ4n) is 1.51. The van der Waals surface area contributed by atoms with Crippen LogP contribution in [-0.2, 0) is 0 Å². The van der Waals surface area contributed by atoms with E-state index in [2.05, 4.69) is 22.9 Å². The number of hydrogen-bond acceptors (Lipinski definition) is 3. The fourth-order valence-corrected chi connectivity index (χ4v) is 2.23. The van der Waals surface area contributed by atoms with Crippen LogP contribution in [0.1, 0.15) is 24.8 Å². The minimum absolute atomic E-state index is 0.146. The molecule has 0 aliphatic carbocycles. The average Bonchev–Trinajstić information content (AvgIpc) is 2.18. The fraction of sp³-hybridized carbons (Fsp3) is 0.455. The number of aromatic hydroxyl groups is 1. The standard InChI is InChI=1S/C11H16BrNO2/c1-7(3-4-13)8-5-11(15-2)10(14)6-9(8)12/h5-7,14H,3-4,13H2,1-2H3. The summed E-state index contributed by atoms with van der Waals surface area (Å²) in [6.45, 7) is 2.75. The third kappa shape index (κ3) is 2.86. The van der Waals surface area contributed by atoms with Gasteiger partial charge in [0.15, 0.2) is 11.5 Å². The van der Waals surface area contributed by atoms with E-state index in [-0.39, 0.29) is 5.75 Å². The third-order valence-electron chi connectivity index (χ3n) is 2.43. The van der Waals surface area contributed by atoms with E-state index in [1.54, 1.807) is 13.2 Å². The summed E-state index contributed by atoms with van der Waals surface area (Å²) in [5.74, 6) is 0.990. The molecule has 3 nitrogen and oxygen atoms in total. The van der Waals surface area contributed by atoms with E-state index >= 15 is 0 Å². The molecule has 0 amide bonds. The Morgan fingerprint density at radius 3 is 2.73 bits per heavy atom. The second-order valence-electron chi connectivity index (χ2n) is 3.52. The zero-order chi connectivity index (χ0) is 11.4. The van der Waals surface area contributed by atoms with E-state index in [1.807, 2.05) is 6.07 Å². The van der Waals surface area contributed by atoms with Gasteiger partial charge >= 0.3 is 0 Å². The Balaban J connectivity index is 3.06. The monoisotopic (exact) mass is 273 g/mol. The number of hydrogen-bond donors (Lipinski definition) is 2. The summed E-state index contributed by atoms with van der Waals surface area (Å²) < 4.78 is 5.96.